The van der Waals surface area contributed by atoms with Crippen LogP contribution in [0.2, 0.25) is 0 Å². The Morgan fingerprint density at radius 1 is 1.00 bits per heavy atom. The number of carbonyl (C=O) groups is 2. The maximum absolute atomic E-state index is 13.5. The van der Waals surface area contributed by atoms with Gasteiger partial charge in [-0.2, -0.15) is 0 Å². The molecule has 9 heteroatoms. The number of methoxy groups -OCH3 is 1. The number of furan rings is 1. The summed E-state index contributed by atoms with van der Waals surface area (Å²) in [5.41, 5.74) is 2.78. The van der Waals surface area contributed by atoms with Gasteiger partial charge in [0.15, 0.2) is 16.7 Å². The predicted octanol–water partition coefficient (Wildman–Crippen LogP) is 6.80. The summed E-state index contributed by atoms with van der Waals surface area (Å²) in [6, 6.07) is 28.1. The van der Waals surface area contributed by atoms with Crippen molar-refractivity contribution in [2.75, 3.05) is 13.7 Å². The van der Waals surface area contributed by atoms with Crippen molar-refractivity contribution in [3.8, 4) is 11.5 Å². The summed E-state index contributed by atoms with van der Waals surface area (Å²) in [6.45, 7) is 0.589. The smallest absolute Gasteiger partial charge is 0.371 e. The van der Waals surface area contributed by atoms with Crippen molar-refractivity contribution in [3.63, 3.8) is 0 Å². The molecule has 3 aromatic carbocycles. The number of hydrogen-bond acceptors (Lipinski definition) is 7. The highest BCUT2D eigenvalue weighted by molar-refractivity contribution is 8.18. The molecule has 0 spiro atoms. The van der Waals surface area contributed by atoms with Crippen LogP contribution in [-0.2, 0) is 17.8 Å². The molecule has 4 aromatic rings. The number of thioether (sulfide) groups is 1. The van der Waals surface area contributed by atoms with Gasteiger partial charge in [0.2, 0.25) is 5.76 Å². The molecular weight excluding hydrogens is 540 g/mol. The van der Waals surface area contributed by atoms with Crippen molar-refractivity contribution >= 4 is 40.6 Å². The van der Waals surface area contributed by atoms with Crippen LogP contribution in [0.5, 0.6) is 11.5 Å². The topological polar surface area (TPSA) is 102 Å². The van der Waals surface area contributed by atoms with Gasteiger partial charge < -0.3 is 19.0 Å². The molecule has 1 fully saturated rings. The molecule has 0 bridgehead atoms. The summed E-state index contributed by atoms with van der Waals surface area (Å²) in [5, 5.41) is 9.68. The zero-order valence-corrected chi connectivity index (χ0v) is 23.2. The monoisotopic (exact) mass is 568 g/mol. The van der Waals surface area contributed by atoms with Crippen molar-refractivity contribution in [1.29, 1.82) is 0 Å². The van der Waals surface area contributed by atoms with E-state index in [0.29, 0.717) is 33.9 Å². The van der Waals surface area contributed by atoms with Gasteiger partial charge >= 0.3 is 5.97 Å². The average molecular weight is 569 g/mol. The molecule has 41 heavy (non-hydrogen) atoms. The van der Waals surface area contributed by atoms with Gasteiger partial charge in [0.05, 0.1) is 17.7 Å². The number of carbonyl (C=O) groups excluding carboxylic acids is 1. The lowest BCUT2D eigenvalue weighted by Crippen LogP contribution is -2.30. The standard InChI is InChI=1S/C32H28N2O6S/c1-38-28-19-23(14-16-26(28)39-21-25-15-17-27(40-25)31(36)37)20-29-30(35)34(18-8-11-22-9-4-2-5-10-22)32(41-29)33-24-12-6-3-7-13-24/h2-7,9-10,12-17,19-20H,8,11,18,21H2,1H3,(H,36,37)/b29-20-,33-32?. The summed E-state index contributed by atoms with van der Waals surface area (Å²) in [7, 11) is 1.53. The molecule has 1 aliphatic rings. The van der Waals surface area contributed by atoms with Gasteiger partial charge in [-0.3, -0.25) is 9.69 Å². The number of nitrogens with zero attached hydrogens (tertiary/aromatic N) is 2. The number of aliphatic imine (C=N–C) groups is 1. The van der Waals surface area contributed by atoms with E-state index in [4.69, 9.17) is 24.0 Å². The van der Waals surface area contributed by atoms with Crippen molar-refractivity contribution in [1.82, 2.24) is 4.90 Å². The van der Waals surface area contributed by atoms with Gasteiger partial charge in [0.1, 0.15) is 12.4 Å². The van der Waals surface area contributed by atoms with E-state index >= 15 is 0 Å². The first kappa shape index (κ1) is 27.8. The van der Waals surface area contributed by atoms with E-state index < -0.39 is 5.97 Å². The van der Waals surface area contributed by atoms with Crippen LogP contribution in [0, 0.1) is 0 Å². The van der Waals surface area contributed by atoms with Gasteiger partial charge in [-0.1, -0.05) is 54.6 Å². The van der Waals surface area contributed by atoms with Crippen molar-refractivity contribution < 1.29 is 28.6 Å². The number of benzene rings is 3. The number of carboxylic acids is 1. The van der Waals surface area contributed by atoms with Gasteiger partial charge in [-0.15, -0.1) is 0 Å². The number of rotatable bonds is 11. The fourth-order valence-electron chi connectivity index (χ4n) is 4.25. The fraction of sp³-hybridized carbons (Fsp3) is 0.156. The van der Waals surface area contributed by atoms with E-state index in [-0.39, 0.29) is 18.3 Å². The Balaban J connectivity index is 1.33. The van der Waals surface area contributed by atoms with Crippen LogP contribution >= 0.6 is 11.8 Å². The van der Waals surface area contributed by atoms with Gasteiger partial charge in [-0.05, 0) is 78.2 Å². The summed E-state index contributed by atoms with van der Waals surface area (Å²) >= 11 is 1.35. The summed E-state index contributed by atoms with van der Waals surface area (Å²) in [6.07, 6.45) is 3.49. The Morgan fingerprint density at radius 2 is 1.76 bits per heavy atom. The molecule has 1 aromatic heterocycles. The first-order valence-electron chi connectivity index (χ1n) is 13.0. The third-order valence-electron chi connectivity index (χ3n) is 6.29. The van der Waals surface area contributed by atoms with Crippen molar-refractivity contribution in [2.24, 2.45) is 4.99 Å². The third kappa shape index (κ3) is 7.06. The lowest BCUT2D eigenvalue weighted by molar-refractivity contribution is -0.122. The fourth-order valence-corrected chi connectivity index (χ4v) is 5.28. The second-order valence-electron chi connectivity index (χ2n) is 9.16. The molecule has 0 saturated carbocycles. The number of aromatic carboxylic acids is 1. The maximum Gasteiger partial charge on any atom is 0.371 e. The van der Waals surface area contributed by atoms with Crippen molar-refractivity contribution in [2.45, 2.75) is 19.4 Å². The quantitative estimate of drug-likeness (QED) is 0.199. The van der Waals surface area contributed by atoms with E-state index in [9.17, 15) is 9.59 Å². The van der Waals surface area contributed by atoms with Crippen LogP contribution in [0.15, 0.2) is 105 Å². The van der Waals surface area contributed by atoms with Crippen LogP contribution in [0.3, 0.4) is 0 Å². The molecule has 1 aliphatic heterocycles. The highest BCUT2D eigenvalue weighted by Crippen LogP contribution is 2.36. The maximum atomic E-state index is 13.5. The zero-order chi connectivity index (χ0) is 28.6. The number of amidine groups is 1. The molecule has 5 rings (SSSR count). The van der Waals surface area contributed by atoms with Crippen LogP contribution < -0.4 is 9.47 Å². The molecule has 0 unspecified atom stereocenters. The molecule has 1 N–H and O–H groups in total. The predicted molar refractivity (Wildman–Crippen MR) is 159 cm³/mol. The zero-order valence-electron chi connectivity index (χ0n) is 22.4. The number of hydrogen-bond donors (Lipinski definition) is 1. The van der Waals surface area contributed by atoms with Gasteiger partial charge in [-0.25, -0.2) is 9.79 Å². The lowest BCUT2D eigenvalue weighted by Gasteiger charge is -2.15. The Labute approximate surface area is 241 Å². The third-order valence-corrected chi connectivity index (χ3v) is 7.29. The van der Waals surface area contributed by atoms with E-state index in [0.717, 1.165) is 24.1 Å². The largest absolute Gasteiger partial charge is 0.493 e. The molecule has 8 nitrogen and oxygen atoms in total. The average Bonchev–Trinajstić information content (AvgIpc) is 3.58. The molecule has 1 saturated heterocycles. The van der Waals surface area contributed by atoms with Crippen LogP contribution in [-0.4, -0.2) is 40.7 Å². The first-order chi connectivity index (χ1) is 20.0. The Kier molecular flexibility index (Phi) is 8.85. The highest BCUT2D eigenvalue weighted by atomic mass is 32.2. The van der Waals surface area contributed by atoms with Crippen LogP contribution in [0.4, 0.5) is 5.69 Å². The molecule has 0 radical (unpaired) electrons. The van der Waals surface area contributed by atoms with E-state index in [1.54, 1.807) is 23.1 Å². The number of amides is 1. The first-order valence-corrected chi connectivity index (χ1v) is 13.8. The summed E-state index contributed by atoms with van der Waals surface area (Å²) in [4.78, 5) is 31.7. The minimum atomic E-state index is -1.14. The highest BCUT2D eigenvalue weighted by Gasteiger charge is 2.33. The SMILES string of the molecule is COc1cc(/C=C2\SC(=Nc3ccccc3)N(CCCc3ccccc3)C2=O)ccc1OCc1ccc(C(=O)O)o1. The summed E-state index contributed by atoms with van der Waals surface area (Å²) < 4.78 is 16.6. The van der Waals surface area contributed by atoms with Crippen LogP contribution in [0.25, 0.3) is 6.08 Å². The molecule has 1 amide bonds. The van der Waals surface area contributed by atoms with E-state index in [1.165, 1.54) is 30.5 Å². The minimum Gasteiger partial charge on any atom is -0.493 e. The Hall–Kier alpha value is -4.76. The minimum absolute atomic E-state index is 0.0374. The second-order valence-corrected chi connectivity index (χ2v) is 10.2. The molecular formula is C32H28N2O6S. The molecule has 2 heterocycles. The van der Waals surface area contributed by atoms with E-state index in [2.05, 4.69) is 12.1 Å². The second kappa shape index (κ2) is 13.1. The van der Waals surface area contributed by atoms with Crippen LogP contribution in [0.1, 0.15) is 33.9 Å². The normalized spacial score (nSPS) is 15.0. The van der Waals surface area contributed by atoms with Crippen molar-refractivity contribution in [3.05, 3.63) is 119 Å². The Bertz CT molecular complexity index is 1580. The Morgan fingerprint density at radius 3 is 2.46 bits per heavy atom. The molecule has 208 valence electrons. The summed E-state index contributed by atoms with van der Waals surface area (Å²) in [5.74, 6) is -0.0805. The number of ether oxygens (including phenoxy) is 2. The number of para-hydroxylation sites is 1. The lowest BCUT2D eigenvalue weighted by atomic mass is 10.1. The number of carboxylic acid groups (broad SMARTS) is 1. The molecule has 0 atom stereocenters. The number of aryl methyl sites for hydroxylation is 1. The van der Waals surface area contributed by atoms with Gasteiger partial charge in [0, 0.05) is 6.54 Å². The van der Waals surface area contributed by atoms with E-state index in [1.807, 2.05) is 60.7 Å². The molecule has 0 aliphatic carbocycles. The van der Waals surface area contributed by atoms with Gasteiger partial charge in [0.25, 0.3) is 5.91 Å².